The van der Waals surface area contributed by atoms with Crippen LogP contribution in [0.5, 0.6) is 0 Å². The monoisotopic (exact) mass is 2280 g/mol. The van der Waals surface area contributed by atoms with E-state index < -0.39 is 12.2 Å². The molecule has 2 unspecified atom stereocenters. The SMILES string of the molecule is [CH2-]OCC(CCO)(CCO)CO[CH2-].[CH2-]OCC(CCO)(CCO)CO[CH2-].[CH2-]OCC(O)COCCO.[CH2-]OCC(O)COCCO.[Rf].[Rf].[Rf].[Rf].[Rf].[Rf]. The first-order valence-electron chi connectivity index (χ1n) is 14.5. The molecule has 0 aliphatic carbocycles. The summed E-state index contributed by atoms with van der Waals surface area (Å²) >= 11 is 0. The van der Waals surface area contributed by atoms with Crippen molar-refractivity contribution in [3.63, 3.8) is 0 Å². The van der Waals surface area contributed by atoms with Crippen molar-refractivity contribution in [2.45, 2.75) is 37.9 Å². The molecule has 0 saturated carbocycles. The summed E-state index contributed by atoms with van der Waals surface area (Å²) in [5.41, 5.74) is -0.736. The Hall–Kier alpha value is -6.64. The van der Waals surface area contributed by atoms with Gasteiger partial charge in [-0.15, -0.1) is 0 Å². The molecule has 0 aromatic carbocycles. The van der Waals surface area contributed by atoms with E-state index in [1.54, 1.807) is 0 Å². The molecule has 0 aromatic heterocycles. The van der Waals surface area contributed by atoms with Crippen molar-refractivity contribution in [1.29, 1.82) is 0 Å². The molecule has 0 aliphatic rings. The number of hydrogen-bond acceptors (Lipinski definition) is 16. The molecule has 0 spiro atoms. The fraction of sp³-hybridized carbons (Fsp3) is 0.800. The maximum absolute atomic E-state index is 8.90. The summed E-state index contributed by atoms with van der Waals surface area (Å²) in [5, 5.41) is 69.7. The van der Waals surface area contributed by atoms with E-state index in [0.717, 1.165) is 0 Å². The minimum atomic E-state index is -0.649. The first kappa shape index (κ1) is 71.4. The van der Waals surface area contributed by atoms with Crippen molar-refractivity contribution in [2.24, 2.45) is 10.8 Å². The van der Waals surface area contributed by atoms with E-state index in [1.165, 1.54) is 0 Å². The summed E-state index contributed by atoms with van der Waals surface area (Å²) in [4.78, 5) is 0. The number of rotatable bonds is 28. The number of ether oxygens (including phenoxy) is 8. The zero-order valence-corrected chi connectivity index (χ0v) is 70.0. The third kappa shape index (κ3) is 45.5. The smallest absolute Gasteiger partial charge is 0.0976 e. The van der Waals surface area contributed by atoms with Gasteiger partial charge >= 0.3 is 0 Å². The molecule has 0 heterocycles. The maximum atomic E-state index is 8.90. The predicted molar refractivity (Wildman–Crippen MR) is 167 cm³/mol. The summed E-state index contributed by atoms with van der Waals surface area (Å²) < 4.78 is 37.5. The Morgan fingerprint density at radius 3 is 0.750 bits per heavy atom. The number of aliphatic hydroxyl groups is 8. The quantitative estimate of drug-likeness (QED) is 0.0348. The third-order valence-electron chi connectivity index (χ3n) is 5.91. The molecule has 0 amide bonds. The van der Waals surface area contributed by atoms with Gasteiger partial charge in [0, 0.05) is 76.9 Å². The largest absolute Gasteiger partial charge is 0.555 e. The van der Waals surface area contributed by atoms with E-state index in [1.807, 2.05) is 0 Å². The molecule has 296 valence electrons. The zero-order chi connectivity index (χ0) is 36.0. The molecular formula is C30H62O16Rf6-6. The Labute approximate surface area is 276 Å². The molecule has 2 atom stereocenters. The zero-order valence-electron chi connectivity index (χ0n) is 31.6. The molecule has 0 rings (SSSR count). The molecule has 0 radical (unpaired) electrons. The van der Waals surface area contributed by atoms with Crippen molar-refractivity contribution in [1.82, 2.24) is 0 Å². The first-order chi connectivity index (χ1) is 22.1. The second-order valence-corrected chi connectivity index (χ2v) is 9.93. The average Bonchev–Trinajstić information content (AvgIpc) is 3.00. The van der Waals surface area contributed by atoms with E-state index >= 15 is 0 Å². The minimum Gasteiger partial charge on any atom is -0.555 e. The van der Waals surface area contributed by atoms with Gasteiger partial charge in [-0.2, -0.15) is 0 Å². The summed E-state index contributed by atoms with van der Waals surface area (Å²) in [7, 11) is 19.3. The van der Waals surface area contributed by atoms with Crippen LogP contribution in [-0.4, -0.2) is 159 Å². The maximum Gasteiger partial charge on any atom is 0.0976 e. The van der Waals surface area contributed by atoms with Gasteiger partial charge in [-0.05, 0) is 25.7 Å². The second kappa shape index (κ2) is 53.8. The molecule has 0 aromatic rings. The predicted octanol–water partition coefficient (Wildman–Crippen LogP) is -0.963. The van der Waals surface area contributed by atoms with Crippen molar-refractivity contribution in [3.8, 4) is 0 Å². The van der Waals surface area contributed by atoms with E-state index in [9.17, 15) is 0 Å². The van der Waals surface area contributed by atoms with E-state index in [0.29, 0.717) is 52.1 Å². The van der Waals surface area contributed by atoms with Crippen molar-refractivity contribution in [2.75, 3.05) is 106 Å². The summed E-state index contributed by atoms with van der Waals surface area (Å²) in [6.45, 7) is 2.64. The van der Waals surface area contributed by atoms with Crippen LogP contribution in [0.3, 0.4) is 0 Å². The Balaban J connectivity index is -0.0000000548. The van der Waals surface area contributed by atoms with Gasteiger partial charge in [0.15, 0.2) is 0 Å². The topological polar surface area (TPSA) is 236 Å². The van der Waals surface area contributed by atoms with Crippen molar-refractivity contribution in [3.05, 3.63) is 42.7 Å². The minimum absolute atomic E-state index is 0. The van der Waals surface area contributed by atoms with Gasteiger partial charge < -0.3 is 78.7 Å². The van der Waals surface area contributed by atoms with Gasteiger partial charge in [-0.1, -0.05) is 0 Å². The van der Waals surface area contributed by atoms with Crippen LogP contribution in [0.25, 0.3) is 0 Å². The Morgan fingerprint density at radius 1 is 0.365 bits per heavy atom. The molecule has 0 saturated heterocycles. The standard InChI is InChI=1S/2C9H18O4.2C6H13O4.6Rf/c2*1-12-7-9(3-5-10,4-6-11)8-13-2;2*1-9-4-6(8)5-10-3-2-7;;;;;;/h2*10-11H,1-8H2;2*6-8H,1-5H2;;;;;;/q2*-2;2*-1;;;;;;. The normalized spacial score (nSPS) is 11.2. The van der Waals surface area contributed by atoms with E-state index in [-0.39, 0.29) is 90.1 Å². The van der Waals surface area contributed by atoms with Crippen LogP contribution in [0.2, 0.25) is 0 Å². The number of hydrogen-bond donors (Lipinski definition) is 8. The summed E-state index contributed by atoms with van der Waals surface area (Å²) in [6, 6.07) is 0. The van der Waals surface area contributed by atoms with Crippen molar-refractivity contribution >= 4 is 0 Å². The molecule has 8 N–H and O–H groups in total. The third-order valence-corrected chi connectivity index (χ3v) is 5.91. The van der Waals surface area contributed by atoms with Gasteiger partial charge in [0.1, 0.15) is 0 Å². The molecule has 0 aliphatic heterocycles. The van der Waals surface area contributed by atoms with Crippen LogP contribution < -0.4 is 0 Å². The fourth-order valence-electron chi connectivity index (χ4n) is 3.66. The van der Waals surface area contributed by atoms with Gasteiger partial charge in [0.05, 0.1) is 51.8 Å². The summed E-state index contributed by atoms with van der Waals surface area (Å²) in [6.07, 6.45) is 0.752. The van der Waals surface area contributed by atoms with Gasteiger partial charge in [-0.3, -0.25) is 0 Å². The van der Waals surface area contributed by atoms with Crippen LogP contribution in [-0.2, 0) is 37.9 Å². The Kier molecular flexibility index (Phi) is 73.9. The molecule has 16 nitrogen and oxygen atoms in total. The van der Waals surface area contributed by atoms with E-state index in [2.05, 4.69) is 52.1 Å². The second-order valence-electron chi connectivity index (χ2n) is 9.93. The van der Waals surface area contributed by atoms with Crippen LogP contribution >= 0.6 is 0 Å². The van der Waals surface area contributed by atoms with Crippen LogP contribution in [0.1, 0.15) is 25.7 Å². The van der Waals surface area contributed by atoms with E-state index in [4.69, 9.17) is 69.3 Å². The van der Waals surface area contributed by atoms with Crippen LogP contribution in [0.4, 0.5) is 0 Å². The number of aliphatic hydroxyl groups excluding tert-OH is 8. The van der Waals surface area contributed by atoms with Crippen LogP contribution in [0, 0.1) is 53.5 Å². The first-order valence-corrected chi connectivity index (χ1v) is 14.5. The van der Waals surface area contributed by atoms with Gasteiger partial charge in [0.2, 0.25) is 0 Å². The molecule has 22 heteroatoms. The average molecular weight is 2280 g/mol. The molecule has 0 fully saturated rings. The van der Waals surface area contributed by atoms with Crippen molar-refractivity contribution < 1.29 is 78.7 Å². The van der Waals surface area contributed by atoms with Gasteiger partial charge in [0.25, 0.3) is 0 Å². The molecule has 52 heavy (non-hydrogen) atoms. The molecular weight excluding hydrogens is 2220 g/mol. The molecule has 0 bridgehead atoms. The fourth-order valence-corrected chi connectivity index (χ4v) is 3.66. The van der Waals surface area contributed by atoms with Crippen LogP contribution in [0.15, 0.2) is 0 Å². The Morgan fingerprint density at radius 2 is 0.596 bits per heavy atom. The Bertz CT molecular complexity index is 469. The summed E-state index contributed by atoms with van der Waals surface area (Å²) in [5.74, 6) is 0. The van der Waals surface area contributed by atoms with Gasteiger partial charge in [-0.25, -0.2) is 42.7 Å².